The fraction of sp³-hybridized carbons (Fsp3) is 0.353. The zero-order chi connectivity index (χ0) is 17.8. The van der Waals surface area contributed by atoms with Crippen LogP contribution >= 0.6 is 0 Å². The third-order valence-electron chi connectivity index (χ3n) is 4.06. The molecule has 0 bridgehead atoms. The third-order valence-corrected chi connectivity index (χ3v) is 4.06. The van der Waals surface area contributed by atoms with E-state index >= 15 is 0 Å². The average Bonchev–Trinajstić information content (AvgIpc) is 3.14. The van der Waals surface area contributed by atoms with Crippen LogP contribution in [-0.4, -0.2) is 33.9 Å². The molecule has 25 heavy (non-hydrogen) atoms. The van der Waals surface area contributed by atoms with Gasteiger partial charge < -0.3 is 10.2 Å². The van der Waals surface area contributed by atoms with Crippen molar-refractivity contribution < 1.29 is 9.72 Å². The van der Waals surface area contributed by atoms with E-state index in [1.54, 1.807) is 12.1 Å². The van der Waals surface area contributed by atoms with Gasteiger partial charge in [0, 0.05) is 24.8 Å². The smallest absolute Gasteiger partial charge is 0.282 e. The number of nitrogens with zero attached hydrogens (tertiary/aromatic N) is 4. The average molecular weight is 341 g/mol. The predicted octanol–water partition coefficient (Wildman–Crippen LogP) is 2.22. The lowest BCUT2D eigenvalue weighted by molar-refractivity contribution is -0.385. The van der Waals surface area contributed by atoms with Gasteiger partial charge >= 0.3 is 0 Å². The first-order chi connectivity index (χ1) is 12.0. The van der Waals surface area contributed by atoms with Crippen LogP contribution in [0.15, 0.2) is 30.3 Å². The minimum atomic E-state index is -0.560. The Labute approximate surface area is 145 Å². The molecule has 0 radical (unpaired) electrons. The van der Waals surface area contributed by atoms with Crippen molar-refractivity contribution in [2.45, 2.75) is 26.3 Å². The van der Waals surface area contributed by atoms with Gasteiger partial charge in [-0.25, -0.2) is 9.97 Å². The van der Waals surface area contributed by atoms with E-state index in [1.807, 2.05) is 6.92 Å². The summed E-state index contributed by atoms with van der Waals surface area (Å²) in [5.74, 6) is 0.179. The van der Waals surface area contributed by atoms with Crippen LogP contribution in [-0.2, 0) is 6.54 Å². The van der Waals surface area contributed by atoms with Crippen molar-refractivity contribution >= 4 is 17.5 Å². The summed E-state index contributed by atoms with van der Waals surface area (Å²) >= 11 is 0. The van der Waals surface area contributed by atoms with Gasteiger partial charge in [-0.15, -0.1) is 0 Å². The Balaban J connectivity index is 1.73. The van der Waals surface area contributed by atoms with Crippen molar-refractivity contribution in [1.82, 2.24) is 15.3 Å². The predicted molar refractivity (Wildman–Crippen MR) is 92.5 cm³/mol. The molecule has 1 aromatic carbocycles. The van der Waals surface area contributed by atoms with E-state index in [9.17, 15) is 14.9 Å². The van der Waals surface area contributed by atoms with Crippen molar-refractivity contribution in [2.24, 2.45) is 0 Å². The van der Waals surface area contributed by atoms with Gasteiger partial charge in [0.15, 0.2) is 0 Å². The minimum Gasteiger partial charge on any atom is -0.346 e. The molecule has 2 heterocycles. The molecule has 130 valence electrons. The van der Waals surface area contributed by atoms with Gasteiger partial charge in [0.2, 0.25) is 5.95 Å². The molecule has 0 unspecified atom stereocenters. The van der Waals surface area contributed by atoms with Crippen LogP contribution in [0.2, 0.25) is 0 Å². The molecule has 0 aliphatic carbocycles. The van der Waals surface area contributed by atoms with Crippen LogP contribution in [0.3, 0.4) is 0 Å². The van der Waals surface area contributed by atoms with Crippen molar-refractivity contribution in [2.75, 3.05) is 18.0 Å². The summed E-state index contributed by atoms with van der Waals surface area (Å²) in [6, 6.07) is 7.69. The maximum absolute atomic E-state index is 12.3. The van der Waals surface area contributed by atoms with E-state index < -0.39 is 10.8 Å². The highest BCUT2D eigenvalue weighted by Crippen LogP contribution is 2.18. The second-order valence-corrected chi connectivity index (χ2v) is 5.95. The Morgan fingerprint density at radius 1 is 1.28 bits per heavy atom. The van der Waals surface area contributed by atoms with Crippen LogP contribution < -0.4 is 10.2 Å². The SMILES string of the molecule is Cc1cc(CNC(=O)c2ccccc2[N+](=O)[O-])nc(N2CCCC2)n1. The second kappa shape index (κ2) is 7.25. The third kappa shape index (κ3) is 3.90. The molecule has 1 aromatic heterocycles. The fourth-order valence-electron chi connectivity index (χ4n) is 2.86. The van der Waals surface area contributed by atoms with Gasteiger partial charge in [0.05, 0.1) is 17.2 Å². The normalized spacial score (nSPS) is 13.7. The van der Waals surface area contributed by atoms with Crippen molar-refractivity contribution in [3.8, 4) is 0 Å². The van der Waals surface area contributed by atoms with Crippen LogP contribution in [0.1, 0.15) is 34.6 Å². The lowest BCUT2D eigenvalue weighted by Gasteiger charge is -2.16. The summed E-state index contributed by atoms with van der Waals surface area (Å²) in [6.07, 6.45) is 2.25. The summed E-state index contributed by atoms with van der Waals surface area (Å²) in [5, 5.41) is 13.7. The molecule has 0 saturated carbocycles. The minimum absolute atomic E-state index is 0.0399. The maximum atomic E-state index is 12.3. The molecule has 8 nitrogen and oxygen atoms in total. The molecule has 1 saturated heterocycles. The molecular weight excluding hydrogens is 322 g/mol. The Morgan fingerprint density at radius 3 is 2.72 bits per heavy atom. The molecule has 0 atom stereocenters. The first-order valence-electron chi connectivity index (χ1n) is 8.16. The Bertz CT molecular complexity index is 803. The number of hydrogen-bond acceptors (Lipinski definition) is 6. The molecule has 3 rings (SSSR count). The number of aromatic nitrogens is 2. The Kier molecular flexibility index (Phi) is 4.87. The summed E-state index contributed by atoms with van der Waals surface area (Å²) in [7, 11) is 0. The van der Waals surface area contributed by atoms with E-state index in [4.69, 9.17) is 0 Å². The summed E-state index contributed by atoms with van der Waals surface area (Å²) in [5.41, 5.74) is 1.34. The van der Waals surface area contributed by atoms with Gasteiger partial charge in [-0.2, -0.15) is 0 Å². The van der Waals surface area contributed by atoms with Gasteiger partial charge in [-0.05, 0) is 31.9 Å². The number of nitro benzene ring substituents is 1. The zero-order valence-corrected chi connectivity index (χ0v) is 13.9. The number of para-hydroxylation sites is 1. The van der Waals surface area contributed by atoms with Gasteiger partial charge in [0.25, 0.3) is 11.6 Å². The van der Waals surface area contributed by atoms with E-state index in [-0.39, 0.29) is 17.8 Å². The number of aryl methyl sites for hydroxylation is 1. The number of amides is 1. The zero-order valence-electron chi connectivity index (χ0n) is 13.9. The molecule has 1 aliphatic heterocycles. The van der Waals surface area contributed by atoms with Crippen molar-refractivity contribution in [3.63, 3.8) is 0 Å². The topological polar surface area (TPSA) is 101 Å². The highest BCUT2D eigenvalue weighted by Gasteiger charge is 2.20. The number of anilines is 1. The molecular formula is C17H19N5O3. The van der Waals surface area contributed by atoms with Crippen LogP contribution in [0.5, 0.6) is 0 Å². The Morgan fingerprint density at radius 2 is 2.00 bits per heavy atom. The molecule has 1 fully saturated rings. The number of benzene rings is 1. The lowest BCUT2D eigenvalue weighted by Crippen LogP contribution is -2.26. The van der Waals surface area contributed by atoms with E-state index in [1.165, 1.54) is 18.2 Å². The van der Waals surface area contributed by atoms with Crippen LogP contribution in [0.25, 0.3) is 0 Å². The monoisotopic (exact) mass is 341 g/mol. The van der Waals surface area contributed by atoms with Gasteiger partial charge in [-0.1, -0.05) is 12.1 Å². The van der Waals surface area contributed by atoms with E-state index in [2.05, 4.69) is 20.2 Å². The number of hydrogen-bond donors (Lipinski definition) is 1. The first-order valence-corrected chi connectivity index (χ1v) is 8.16. The molecule has 0 spiro atoms. The quantitative estimate of drug-likeness (QED) is 0.661. The van der Waals surface area contributed by atoms with Crippen LogP contribution in [0, 0.1) is 17.0 Å². The summed E-state index contributed by atoms with van der Waals surface area (Å²) < 4.78 is 0. The first kappa shape index (κ1) is 16.8. The van der Waals surface area contributed by atoms with Crippen molar-refractivity contribution in [1.29, 1.82) is 0 Å². The number of nitrogens with one attached hydrogen (secondary N) is 1. The standard InChI is InChI=1S/C17H19N5O3/c1-12-10-13(20-17(19-12)21-8-4-5-9-21)11-18-16(23)14-6-2-3-7-15(14)22(24)25/h2-3,6-7,10H,4-5,8-9,11H2,1H3,(H,18,23). The number of carbonyl (C=O) groups is 1. The summed E-state index contributed by atoms with van der Waals surface area (Å²) in [4.78, 5) is 33.9. The van der Waals surface area contributed by atoms with E-state index in [0.29, 0.717) is 11.6 Å². The number of rotatable bonds is 5. The van der Waals surface area contributed by atoms with E-state index in [0.717, 1.165) is 31.6 Å². The molecule has 2 aromatic rings. The summed E-state index contributed by atoms with van der Waals surface area (Å²) in [6.45, 7) is 3.95. The highest BCUT2D eigenvalue weighted by atomic mass is 16.6. The Hall–Kier alpha value is -3.03. The maximum Gasteiger partial charge on any atom is 0.282 e. The molecule has 1 N–H and O–H groups in total. The number of nitro groups is 1. The van der Waals surface area contributed by atoms with Gasteiger partial charge in [0.1, 0.15) is 5.56 Å². The van der Waals surface area contributed by atoms with Crippen LogP contribution in [0.4, 0.5) is 11.6 Å². The molecule has 8 heteroatoms. The highest BCUT2D eigenvalue weighted by molar-refractivity contribution is 5.98. The fourth-order valence-corrected chi connectivity index (χ4v) is 2.86. The molecule has 1 amide bonds. The molecule has 1 aliphatic rings. The van der Waals surface area contributed by atoms with Gasteiger partial charge in [-0.3, -0.25) is 14.9 Å². The lowest BCUT2D eigenvalue weighted by atomic mass is 10.1. The van der Waals surface area contributed by atoms with Crippen molar-refractivity contribution in [3.05, 3.63) is 57.4 Å². The second-order valence-electron chi connectivity index (χ2n) is 5.95. The number of carbonyl (C=O) groups excluding carboxylic acids is 1. The largest absolute Gasteiger partial charge is 0.346 e.